The first-order valence-electron chi connectivity index (χ1n) is 5.16. The van der Waals surface area contributed by atoms with Crippen LogP contribution in [0.2, 0.25) is 0 Å². The van der Waals surface area contributed by atoms with Crippen LogP contribution in [0.4, 0.5) is 0 Å². The number of ether oxygens (including phenoxy) is 1. The Balaban J connectivity index is 0.000000396. The number of hydrogen-bond donors (Lipinski definition) is 0. The number of hydrogen-bond acceptors (Lipinski definition) is 2. The summed E-state index contributed by atoms with van der Waals surface area (Å²) in [7, 11) is 0. The minimum absolute atomic E-state index is 0.185. The molecule has 2 fully saturated rings. The molecule has 0 aromatic heterocycles. The molecule has 0 N–H and O–H groups in total. The third-order valence-corrected chi connectivity index (χ3v) is 2.49. The van der Waals surface area contributed by atoms with Gasteiger partial charge in [-0.1, -0.05) is 13.8 Å². The zero-order chi connectivity index (χ0) is 9.84. The first kappa shape index (κ1) is 10.5. The lowest BCUT2D eigenvalue weighted by Gasteiger charge is -2.31. The lowest BCUT2D eigenvalue weighted by molar-refractivity contribution is -0.137. The zero-order valence-corrected chi connectivity index (χ0v) is 8.75. The Morgan fingerprint density at radius 1 is 1.23 bits per heavy atom. The molecule has 3 nitrogen and oxygen atoms in total. The molecule has 2 aliphatic rings. The summed E-state index contributed by atoms with van der Waals surface area (Å²) in [5, 5.41) is 0. The maximum Gasteiger partial charge on any atom is 0.219 e. The van der Waals surface area contributed by atoms with Crippen LogP contribution in [0.5, 0.6) is 0 Å². The number of amides is 1. The molecule has 2 atom stereocenters. The molecule has 0 aliphatic carbocycles. The molecule has 2 rings (SSSR count). The van der Waals surface area contributed by atoms with E-state index < -0.39 is 0 Å². The highest BCUT2D eigenvalue weighted by atomic mass is 16.5. The lowest BCUT2D eigenvalue weighted by Crippen LogP contribution is -2.44. The molecule has 2 saturated heterocycles. The summed E-state index contributed by atoms with van der Waals surface area (Å²) < 4.78 is 5.58. The topological polar surface area (TPSA) is 29.5 Å². The first-order valence-corrected chi connectivity index (χ1v) is 5.16. The highest BCUT2D eigenvalue weighted by Crippen LogP contribution is 2.25. The van der Waals surface area contributed by atoms with E-state index in [0.29, 0.717) is 12.2 Å². The Morgan fingerprint density at radius 3 is 2.08 bits per heavy atom. The van der Waals surface area contributed by atoms with Crippen LogP contribution >= 0.6 is 0 Å². The predicted molar refractivity (Wildman–Crippen MR) is 51.5 cm³/mol. The van der Waals surface area contributed by atoms with Gasteiger partial charge in [0.2, 0.25) is 5.91 Å². The van der Waals surface area contributed by atoms with Crippen LogP contribution in [0.15, 0.2) is 0 Å². The maximum atomic E-state index is 11.0. The van der Waals surface area contributed by atoms with Gasteiger partial charge in [0.05, 0.1) is 12.2 Å². The molecule has 76 valence electrons. The normalized spacial score (nSPS) is 30.8. The number of carbonyl (C=O) groups excluding carboxylic acids is 1. The van der Waals surface area contributed by atoms with Gasteiger partial charge in [0.25, 0.3) is 0 Å². The van der Waals surface area contributed by atoms with Crippen molar-refractivity contribution in [3.05, 3.63) is 0 Å². The summed E-state index contributed by atoms with van der Waals surface area (Å²) >= 11 is 0. The van der Waals surface area contributed by atoms with Crippen molar-refractivity contribution < 1.29 is 9.53 Å². The average Bonchev–Trinajstić information content (AvgIpc) is 2.48. The standard InChI is InChI=1S/C8H13NO2.C2H6/c1-6(10)9-4-7-2-3-8(5-9)11-7;1-2/h7-8H,2-5H2,1H3;1-2H3. The van der Waals surface area contributed by atoms with Gasteiger partial charge in [-0.3, -0.25) is 4.79 Å². The summed E-state index contributed by atoms with van der Waals surface area (Å²) in [5.41, 5.74) is 0. The van der Waals surface area contributed by atoms with Gasteiger partial charge in [-0.25, -0.2) is 0 Å². The monoisotopic (exact) mass is 185 g/mol. The van der Waals surface area contributed by atoms with Crippen molar-refractivity contribution in [2.24, 2.45) is 0 Å². The first-order chi connectivity index (χ1) is 6.25. The van der Waals surface area contributed by atoms with Gasteiger partial charge < -0.3 is 9.64 Å². The summed E-state index contributed by atoms with van der Waals surface area (Å²) in [6.45, 7) is 7.25. The second-order valence-corrected chi connectivity index (χ2v) is 3.38. The smallest absolute Gasteiger partial charge is 0.219 e. The SMILES string of the molecule is CC.CC(=O)N1CC2CCC(C1)O2. The number of fused-ring (bicyclic) bond motifs is 2. The lowest BCUT2D eigenvalue weighted by atomic mass is 10.2. The van der Waals surface area contributed by atoms with E-state index in [-0.39, 0.29) is 5.91 Å². The fraction of sp³-hybridized carbons (Fsp3) is 0.900. The molecular weight excluding hydrogens is 166 g/mol. The van der Waals surface area contributed by atoms with Crippen LogP contribution in [0.3, 0.4) is 0 Å². The van der Waals surface area contributed by atoms with E-state index >= 15 is 0 Å². The molecule has 1 amide bonds. The van der Waals surface area contributed by atoms with E-state index in [2.05, 4.69) is 0 Å². The molecule has 0 radical (unpaired) electrons. The number of rotatable bonds is 0. The third-order valence-electron chi connectivity index (χ3n) is 2.49. The Kier molecular flexibility index (Phi) is 3.72. The van der Waals surface area contributed by atoms with Crippen LogP contribution in [0.1, 0.15) is 33.6 Å². The van der Waals surface area contributed by atoms with Crippen LogP contribution in [-0.4, -0.2) is 36.1 Å². The van der Waals surface area contributed by atoms with Gasteiger partial charge in [-0.2, -0.15) is 0 Å². The molecule has 13 heavy (non-hydrogen) atoms. The fourth-order valence-corrected chi connectivity index (χ4v) is 1.87. The van der Waals surface area contributed by atoms with Gasteiger partial charge in [0, 0.05) is 20.0 Å². The minimum atomic E-state index is 0.185. The van der Waals surface area contributed by atoms with Gasteiger partial charge >= 0.3 is 0 Å². The summed E-state index contributed by atoms with van der Waals surface area (Å²) in [6.07, 6.45) is 2.93. The van der Waals surface area contributed by atoms with E-state index in [9.17, 15) is 4.79 Å². The number of morpholine rings is 1. The van der Waals surface area contributed by atoms with Crippen molar-refractivity contribution in [3.63, 3.8) is 0 Å². The number of carbonyl (C=O) groups is 1. The van der Waals surface area contributed by atoms with Crippen LogP contribution in [0.25, 0.3) is 0 Å². The molecule has 2 aliphatic heterocycles. The maximum absolute atomic E-state index is 11.0. The summed E-state index contributed by atoms with van der Waals surface area (Å²) in [5.74, 6) is 0.185. The van der Waals surface area contributed by atoms with Gasteiger partial charge in [-0.15, -0.1) is 0 Å². The predicted octanol–water partition coefficient (Wildman–Crippen LogP) is 1.42. The van der Waals surface area contributed by atoms with Gasteiger partial charge in [-0.05, 0) is 12.8 Å². The van der Waals surface area contributed by atoms with E-state index in [1.807, 2.05) is 18.7 Å². The zero-order valence-electron chi connectivity index (χ0n) is 8.75. The average molecular weight is 185 g/mol. The Hall–Kier alpha value is -0.570. The molecule has 2 bridgehead atoms. The molecule has 2 heterocycles. The highest BCUT2D eigenvalue weighted by Gasteiger charge is 2.34. The molecule has 0 saturated carbocycles. The quantitative estimate of drug-likeness (QED) is 0.571. The van der Waals surface area contributed by atoms with Crippen LogP contribution < -0.4 is 0 Å². The molecule has 2 unspecified atom stereocenters. The van der Waals surface area contributed by atoms with Crippen molar-refractivity contribution in [2.45, 2.75) is 45.8 Å². The summed E-state index contributed by atoms with van der Waals surface area (Å²) in [4.78, 5) is 12.9. The fourth-order valence-electron chi connectivity index (χ4n) is 1.87. The molecule has 0 spiro atoms. The second-order valence-electron chi connectivity index (χ2n) is 3.38. The van der Waals surface area contributed by atoms with E-state index in [4.69, 9.17) is 4.74 Å². The molecule has 0 aromatic rings. The van der Waals surface area contributed by atoms with Gasteiger partial charge in [0.15, 0.2) is 0 Å². The second kappa shape index (κ2) is 4.61. The Morgan fingerprint density at radius 2 is 1.69 bits per heavy atom. The largest absolute Gasteiger partial charge is 0.371 e. The third kappa shape index (κ3) is 2.44. The van der Waals surface area contributed by atoms with E-state index in [1.54, 1.807) is 6.92 Å². The van der Waals surface area contributed by atoms with Crippen LogP contribution in [0, 0.1) is 0 Å². The van der Waals surface area contributed by atoms with Crippen molar-refractivity contribution in [2.75, 3.05) is 13.1 Å². The Labute approximate surface area is 80.1 Å². The van der Waals surface area contributed by atoms with Crippen LogP contribution in [-0.2, 0) is 9.53 Å². The highest BCUT2D eigenvalue weighted by molar-refractivity contribution is 5.73. The minimum Gasteiger partial charge on any atom is -0.371 e. The van der Waals surface area contributed by atoms with Crippen molar-refractivity contribution in [3.8, 4) is 0 Å². The molecular formula is C10H19NO2. The van der Waals surface area contributed by atoms with Crippen molar-refractivity contribution >= 4 is 5.91 Å². The number of likely N-dealkylation sites (tertiary alicyclic amines) is 1. The molecule has 3 heteroatoms. The van der Waals surface area contributed by atoms with Crippen molar-refractivity contribution in [1.82, 2.24) is 4.90 Å². The van der Waals surface area contributed by atoms with E-state index in [1.165, 1.54) is 0 Å². The van der Waals surface area contributed by atoms with E-state index in [0.717, 1.165) is 25.9 Å². The Bertz CT molecular complexity index is 170. The van der Waals surface area contributed by atoms with Crippen molar-refractivity contribution in [1.29, 1.82) is 0 Å². The molecule has 0 aromatic carbocycles. The number of nitrogens with zero attached hydrogens (tertiary/aromatic N) is 1. The van der Waals surface area contributed by atoms with Gasteiger partial charge in [0.1, 0.15) is 0 Å². The summed E-state index contributed by atoms with van der Waals surface area (Å²) in [6, 6.07) is 0.